The summed E-state index contributed by atoms with van der Waals surface area (Å²) >= 11 is 5.95. The first-order valence-corrected chi connectivity index (χ1v) is 12.1. The first-order valence-electron chi connectivity index (χ1n) is 10.3. The predicted molar refractivity (Wildman–Crippen MR) is 110 cm³/mol. The number of carbonyl (C=O) groups is 1. The van der Waals surface area contributed by atoms with Crippen LogP contribution < -0.4 is 10.2 Å². The number of quaternary nitrogens is 1. The van der Waals surface area contributed by atoms with Crippen molar-refractivity contribution in [3.63, 3.8) is 0 Å². The highest BCUT2D eigenvalue weighted by atomic mass is 35.5. The van der Waals surface area contributed by atoms with Crippen molar-refractivity contribution in [2.24, 2.45) is 0 Å². The molecular weight excluding hydrogens is 398 g/mol. The molecule has 8 heteroatoms. The molecule has 1 aliphatic carbocycles. The number of rotatable bonds is 5. The average molecular weight is 429 g/mol. The smallest absolute Gasteiger partial charge is 0.278 e. The Labute approximate surface area is 173 Å². The van der Waals surface area contributed by atoms with Gasteiger partial charge in [-0.3, -0.25) is 4.79 Å². The van der Waals surface area contributed by atoms with Gasteiger partial charge in [0.25, 0.3) is 5.91 Å². The van der Waals surface area contributed by atoms with Gasteiger partial charge < -0.3 is 10.2 Å². The van der Waals surface area contributed by atoms with Gasteiger partial charge >= 0.3 is 0 Å². The highest BCUT2D eigenvalue weighted by molar-refractivity contribution is 7.89. The second kappa shape index (κ2) is 9.57. The zero-order valence-corrected chi connectivity index (χ0v) is 18.1. The summed E-state index contributed by atoms with van der Waals surface area (Å²) in [5, 5.41) is 3.63. The molecular formula is C20H31ClN3O3S+. The van der Waals surface area contributed by atoms with Crippen molar-refractivity contribution >= 4 is 27.5 Å². The Morgan fingerprint density at radius 1 is 1.18 bits per heavy atom. The molecule has 1 amide bonds. The molecule has 0 radical (unpaired) electrons. The van der Waals surface area contributed by atoms with Gasteiger partial charge in [0.15, 0.2) is 6.04 Å². The fourth-order valence-electron chi connectivity index (χ4n) is 4.16. The van der Waals surface area contributed by atoms with Crippen LogP contribution in [0.15, 0.2) is 29.2 Å². The third-order valence-electron chi connectivity index (χ3n) is 6.01. The summed E-state index contributed by atoms with van der Waals surface area (Å²) in [6.07, 6.45) is 7.03. The van der Waals surface area contributed by atoms with E-state index >= 15 is 0 Å². The van der Waals surface area contributed by atoms with Crippen molar-refractivity contribution in [2.75, 3.05) is 26.2 Å². The fourth-order valence-corrected chi connectivity index (χ4v) is 5.90. The zero-order chi connectivity index (χ0) is 20.1. The third-order valence-corrected chi connectivity index (χ3v) is 8.14. The molecule has 0 spiro atoms. The van der Waals surface area contributed by atoms with Gasteiger partial charge in [-0.15, -0.1) is 0 Å². The third kappa shape index (κ3) is 5.26. The summed E-state index contributed by atoms with van der Waals surface area (Å²) in [4.78, 5) is 14.0. The minimum atomic E-state index is -3.55. The molecule has 28 heavy (non-hydrogen) atoms. The van der Waals surface area contributed by atoms with Crippen molar-refractivity contribution in [3.8, 4) is 0 Å². The van der Waals surface area contributed by atoms with Crippen LogP contribution in [0.1, 0.15) is 45.4 Å². The minimum Gasteiger partial charge on any atom is -0.348 e. The SMILES string of the molecule is C[C@@H](C(=O)NC1CCCCCC1)[NH+]1CCN(S(=O)(=O)c2cccc(Cl)c2)CC1. The maximum absolute atomic E-state index is 12.8. The summed E-state index contributed by atoms with van der Waals surface area (Å²) in [5.74, 6) is 0.0908. The monoisotopic (exact) mass is 428 g/mol. The van der Waals surface area contributed by atoms with Gasteiger partial charge in [-0.25, -0.2) is 8.42 Å². The van der Waals surface area contributed by atoms with Gasteiger partial charge in [-0.2, -0.15) is 4.31 Å². The maximum Gasteiger partial charge on any atom is 0.278 e. The number of hydrogen-bond donors (Lipinski definition) is 2. The first-order chi connectivity index (χ1) is 13.4. The first kappa shape index (κ1) is 21.6. The van der Waals surface area contributed by atoms with Crippen molar-refractivity contribution in [3.05, 3.63) is 29.3 Å². The summed E-state index contributed by atoms with van der Waals surface area (Å²) in [5.41, 5.74) is 0. The number of hydrogen-bond acceptors (Lipinski definition) is 3. The Balaban J connectivity index is 1.54. The van der Waals surface area contributed by atoms with Gasteiger partial charge in [0.1, 0.15) is 0 Å². The van der Waals surface area contributed by atoms with Gasteiger partial charge in [0.05, 0.1) is 31.1 Å². The van der Waals surface area contributed by atoms with E-state index in [9.17, 15) is 13.2 Å². The molecule has 1 atom stereocenters. The molecule has 1 heterocycles. The van der Waals surface area contributed by atoms with Crippen molar-refractivity contribution < 1.29 is 18.1 Å². The molecule has 2 N–H and O–H groups in total. The van der Waals surface area contributed by atoms with Gasteiger partial charge in [-0.1, -0.05) is 43.4 Å². The lowest BCUT2D eigenvalue weighted by Crippen LogP contribution is -3.19. The van der Waals surface area contributed by atoms with E-state index in [1.165, 1.54) is 36.1 Å². The standard InChI is InChI=1S/C20H30ClN3O3S/c1-16(20(25)22-18-8-4-2-3-5-9-18)23-11-13-24(14-12-23)28(26,27)19-10-6-7-17(21)15-19/h6-7,10,15-16,18H,2-5,8-9,11-14H2,1H3,(H,22,25)/p+1/t16-/m0/s1. The van der Waals surface area contributed by atoms with Crippen molar-refractivity contribution in [1.29, 1.82) is 0 Å². The van der Waals surface area contributed by atoms with E-state index < -0.39 is 10.0 Å². The zero-order valence-electron chi connectivity index (χ0n) is 16.5. The largest absolute Gasteiger partial charge is 0.348 e. The molecule has 0 unspecified atom stereocenters. The lowest BCUT2D eigenvalue weighted by Gasteiger charge is -2.34. The maximum atomic E-state index is 12.8. The quantitative estimate of drug-likeness (QED) is 0.697. The van der Waals surface area contributed by atoms with Crippen LogP contribution in [-0.2, 0) is 14.8 Å². The van der Waals surface area contributed by atoms with Crippen molar-refractivity contribution in [2.45, 2.75) is 62.4 Å². The number of piperazine rings is 1. The lowest BCUT2D eigenvalue weighted by atomic mass is 10.1. The number of sulfonamides is 1. The average Bonchev–Trinajstić information content (AvgIpc) is 2.96. The summed E-state index contributed by atoms with van der Waals surface area (Å²) in [6, 6.07) is 6.50. The van der Waals surface area contributed by atoms with Crippen LogP contribution in [0.4, 0.5) is 0 Å². The number of amides is 1. The summed E-state index contributed by atoms with van der Waals surface area (Å²) < 4.78 is 27.1. The Morgan fingerprint density at radius 3 is 2.43 bits per heavy atom. The molecule has 2 fully saturated rings. The van der Waals surface area contributed by atoms with E-state index in [2.05, 4.69) is 5.32 Å². The summed E-state index contributed by atoms with van der Waals surface area (Å²) in [7, 11) is -3.55. The number of carbonyl (C=O) groups excluding carboxylic acids is 1. The molecule has 3 rings (SSSR count). The molecule has 1 saturated heterocycles. The van der Waals surface area contributed by atoms with E-state index in [0.29, 0.717) is 37.2 Å². The van der Waals surface area contributed by atoms with Gasteiger partial charge in [0.2, 0.25) is 10.0 Å². The van der Waals surface area contributed by atoms with Crippen LogP contribution in [0.25, 0.3) is 0 Å². The Morgan fingerprint density at radius 2 is 1.82 bits per heavy atom. The molecule has 1 aliphatic heterocycles. The van der Waals surface area contributed by atoms with Crippen LogP contribution in [0, 0.1) is 0 Å². The van der Waals surface area contributed by atoms with Crippen LogP contribution in [0.5, 0.6) is 0 Å². The highest BCUT2D eigenvalue weighted by Crippen LogP contribution is 2.20. The molecule has 156 valence electrons. The van der Waals surface area contributed by atoms with E-state index in [1.54, 1.807) is 18.2 Å². The van der Waals surface area contributed by atoms with Crippen LogP contribution in [0.3, 0.4) is 0 Å². The van der Waals surface area contributed by atoms with Crippen molar-refractivity contribution in [1.82, 2.24) is 9.62 Å². The fraction of sp³-hybridized carbons (Fsp3) is 0.650. The number of halogens is 1. The number of benzene rings is 1. The van der Waals surface area contributed by atoms with Gasteiger partial charge in [-0.05, 0) is 38.0 Å². The van der Waals surface area contributed by atoms with Gasteiger partial charge in [0, 0.05) is 11.1 Å². The van der Waals surface area contributed by atoms with Crippen LogP contribution in [-0.4, -0.2) is 56.9 Å². The van der Waals surface area contributed by atoms with E-state index in [-0.39, 0.29) is 16.8 Å². The second-order valence-electron chi connectivity index (χ2n) is 7.94. The Hall–Kier alpha value is -1.15. The van der Waals surface area contributed by atoms with E-state index in [1.807, 2.05) is 6.92 Å². The highest BCUT2D eigenvalue weighted by Gasteiger charge is 2.35. The lowest BCUT2D eigenvalue weighted by molar-refractivity contribution is -0.917. The number of nitrogens with one attached hydrogen (secondary N) is 2. The molecule has 0 aromatic heterocycles. The molecule has 1 saturated carbocycles. The van der Waals surface area contributed by atoms with E-state index in [0.717, 1.165) is 17.7 Å². The topological polar surface area (TPSA) is 70.9 Å². The Bertz CT molecular complexity index is 771. The molecule has 2 aliphatic rings. The van der Waals surface area contributed by atoms with Crippen LogP contribution >= 0.6 is 11.6 Å². The Kier molecular flexibility index (Phi) is 7.36. The normalized spacial score (nSPS) is 21.8. The molecule has 0 bridgehead atoms. The minimum absolute atomic E-state index is 0.0908. The molecule has 1 aromatic carbocycles. The number of nitrogens with zero attached hydrogens (tertiary/aromatic N) is 1. The van der Waals surface area contributed by atoms with Crippen LogP contribution in [0.2, 0.25) is 5.02 Å². The molecule has 6 nitrogen and oxygen atoms in total. The van der Waals surface area contributed by atoms with E-state index in [4.69, 9.17) is 11.6 Å². The predicted octanol–water partition coefficient (Wildman–Crippen LogP) is 1.46. The molecule has 1 aromatic rings. The second-order valence-corrected chi connectivity index (χ2v) is 10.3. The summed E-state index contributed by atoms with van der Waals surface area (Å²) in [6.45, 7) is 4.01.